The average molecular weight is 388 g/mol. The molecule has 3 heterocycles. The molecule has 0 N–H and O–H groups in total. The smallest absolute Gasteiger partial charge is 0.395 e. The van der Waals surface area contributed by atoms with Gasteiger partial charge in [0.2, 0.25) is 0 Å². The third kappa shape index (κ3) is 4.09. The third-order valence-corrected chi connectivity index (χ3v) is 4.56. The molecular weight excluding hydrogens is 370 g/mol. The first-order chi connectivity index (χ1) is 13.5. The number of aromatic nitrogens is 2. The number of hydrogen-bond acceptors (Lipinski definition) is 6. The number of ether oxygens (including phenoxy) is 2. The highest BCUT2D eigenvalue weighted by molar-refractivity contribution is 5.95. The van der Waals surface area contributed by atoms with Gasteiger partial charge >= 0.3 is 6.29 Å². The predicted octanol–water partition coefficient (Wildman–Crippen LogP) is 2.27. The Labute approximate surface area is 160 Å². The Hall–Kier alpha value is -3.07. The molecule has 0 spiro atoms. The van der Waals surface area contributed by atoms with Crippen molar-refractivity contribution in [1.29, 1.82) is 0 Å². The topological polar surface area (TPSA) is 67.8 Å². The number of piperazine rings is 1. The van der Waals surface area contributed by atoms with Crippen LogP contribution in [0.25, 0.3) is 6.08 Å². The van der Waals surface area contributed by atoms with Crippen molar-refractivity contribution < 1.29 is 23.0 Å². The van der Waals surface area contributed by atoms with Crippen LogP contribution in [0.5, 0.6) is 11.5 Å². The zero-order chi connectivity index (χ0) is 19.6. The Bertz CT molecular complexity index is 884. The molecule has 28 heavy (non-hydrogen) atoms. The summed E-state index contributed by atoms with van der Waals surface area (Å²) in [5, 5.41) is 0. The van der Waals surface area contributed by atoms with E-state index in [4.69, 9.17) is 0 Å². The summed E-state index contributed by atoms with van der Waals surface area (Å²) in [7, 11) is 0. The second-order valence-electron chi connectivity index (χ2n) is 6.50. The van der Waals surface area contributed by atoms with Gasteiger partial charge in [0.05, 0.1) is 0 Å². The van der Waals surface area contributed by atoms with E-state index < -0.39 is 6.29 Å². The van der Waals surface area contributed by atoms with Gasteiger partial charge in [-0.2, -0.15) is 0 Å². The minimum atomic E-state index is -3.69. The molecule has 7 nitrogen and oxygen atoms in total. The van der Waals surface area contributed by atoms with Crippen molar-refractivity contribution in [3.63, 3.8) is 0 Å². The minimum Gasteiger partial charge on any atom is -0.395 e. The summed E-state index contributed by atoms with van der Waals surface area (Å²) in [4.78, 5) is 24.5. The Morgan fingerprint density at radius 1 is 1.11 bits per heavy atom. The maximum absolute atomic E-state index is 13.1. The molecule has 1 aromatic heterocycles. The van der Waals surface area contributed by atoms with Crippen molar-refractivity contribution in [2.75, 3.05) is 32.7 Å². The number of nitrogens with zero attached hydrogens (tertiary/aromatic N) is 4. The van der Waals surface area contributed by atoms with Crippen molar-refractivity contribution in [3.05, 3.63) is 54.1 Å². The fourth-order valence-electron chi connectivity index (χ4n) is 3.13. The molecule has 4 rings (SSSR count). The van der Waals surface area contributed by atoms with Crippen LogP contribution in [0.2, 0.25) is 0 Å². The van der Waals surface area contributed by atoms with Crippen molar-refractivity contribution in [3.8, 4) is 11.5 Å². The summed E-state index contributed by atoms with van der Waals surface area (Å²) < 4.78 is 35.0. The van der Waals surface area contributed by atoms with Crippen molar-refractivity contribution in [2.24, 2.45) is 0 Å². The molecule has 0 aliphatic carbocycles. The highest BCUT2D eigenvalue weighted by atomic mass is 19.3. The van der Waals surface area contributed by atoms with Crippen LogP contribution in [0, 0.1) is 0 Å². The summed E-state index contributed by atoms with van der Waals surface area (Å²) in [6.07, 6.45) is 5.27. The van der Waals surface area contributed by atoms with Gasteiger partial charge in [-0.25, -0.2) is 9.97 Å². The van der Waals surface area contributed by atoms with Gasteiger partial charge in [0, 0.05) is 56.2 Å². The van der Waals surface area contributed by atoms with Crippen LogP contribution < -0.4 is 9.47 Å². The predicted molar refractivity (Wildman–Crippen MR) is 96.1 cm³/mol. The summed E-state index contributed by atoms with van der Waals surface area (Å²) in [5.41, 5.74) is 1.24. The van der Waals surface area contributed by atoms with E-state index in [0.717, 1.165) is 25.2 Å². The first-order valence-electron chi connectivity index (χ1n) is 8.83. The lowest BCUT2D eigenvalue weighted by Crippen LogP contribution is -2.48. The third-order valence-electron chi connectivity index (χ3n) is 4.56. The molecule has 0 radical (unpaired) electrons. The fourth-order valence-corrected chi connectivity index (χ4v) is 3.13. The SMILES string of the molecule is O=C(c1ccc2c(c1)OC(F)(F)O2)N1CCN(C/C=C/c2cncnc2)CC1. The van der Waals surface area contributed by atoms with Crippen LogP contribution in [-0.4, -0.2) is 64.7 Å². The molecule has 2 aromatic rings. The zero-order valence-corrected chi connectivity index (χ0v) is 14.9. The highest BCUT2D eigenvalue weighted by Crippen LogP contribution is 2.41. The Kier molecular flexibility index (Phi) is 4.91. The van der Waals surface area contributed by atoms with Crippen molar-refractivity contribution in [2.45, 2.75) is 6.29 Å². The van der Waals surface area contributed by atoms with Gasteiger partial charge in [0.25, 0.3) is 5.91 Å². The molecule has 1 amide bonds. The quantitative estimate of drug-likeness (QED) is 0.801. The Morgan fingerprint density at radius 2 is 1.82 bits per heavy atom. The number of rotatable bonds is 4. The molecule has 0 atom stereocenters. The average Bonchev–Trinajstić information content (AvgIpc) is 3.01. The van der Waals surface area contributed by atoms with E-state index in [1.54, 1.807) is 17.3 Å². The number of carbonyl (C=O) groups excluding carboxylic acids is 1. The molecule has 0 unspecified atom stereocenters. The van der Waals surface area contributed by atoms with E-state index in [2.05, 4.69) is 24.3 Å². The lowest BCUT2D eigenvalue weighted by molar-refractivity contribution is -0.286. The largest absolute Gasteiger partial charge is 0.586 e. The van der Waals surface area contributed by atoms with E-state index in [0.29, 0.717) is 18.7 Å². The van der Waals surface area contributed by atoms with Crippen LogP contribution in [0.1, 0.15) is 15.9 Å². The molecule has 2 aliphatic heterocycles. The van der Waals surface area contributed by atoms with E-state index >= 15 is 0 Å². The maximum atomic E-state index is 13.1. The van der Waals surface area contributed by atoms with Gasteiger partial charge in [-0.05, 0) is 18.2 Å². The first kappa shape index (κ1) is 18.3. The standard InChI is InChI=1S/C19H18F2N4O3/c20-19(21)27-16-4-3-15(10-17(16)28-19)18(26)25-8-6-24(7-9-25)5-1-2-14-11-22-13-23-12-14/h1-4,10-13H,5-9H2/b2-1+. The lowest BCUT2D eigenvalue weighted by atomic mass is 10.1. The summed E-state index contributed by atoms with van der Waals surface area (Å²) >= 11 is 0. The molecule has 1 fully saturated rings. The molecule has 0 bridgehead atoms. The molecular formula is C19H18F2N4O3. The number of amides is 1. The highest BCUT2D eigenvalue weighted by Gasteiger charge is 2.43. The monoisotopic (exact) mass is 388 g/mol. The Balaban J connectivity index is 1.30. The Morgan fingerprint density at radius 3 is 2.57 bits per heavy atom. The molecule has 1 aromatic carbocycles. The molecule has 1 saturated heterocycles. The summed E-state index contributed by atoms with van der Waals surface area (Å²) in [6.45, 7) is 3.33. The lowest BCUT2D eigenvalue weighted by Gasteiger charge is -2.34. The van der Waals surface area contributed by atoms with Gasteiger partial charge in [-0.3, -0.25) is 9.69 Å². The molecule has 146 valence electrons. The second kappa shape index (κ2) is 7.51. The number of alkyl halides is 2. The molecule has 0 saturated carbocycles. The van der Waals surface area contributed by atoms with Gasteiger partial charge in [-0.15, -0.1) is 8.78 Å². The number of fused-ring (bicyclic) bond motifs is 1. The van der Waals surface area contributed by atoms with Gasteiger partial charge in [0.1, 0.15) is 6.33 Å². The van der Waals surface area contributed by atoms with Gasteiger partial charge in [0.15, 0.2) is 11.5 Å². The fraction of sp³-hybridized carbons (Fsp3) is 0.316. The number of hydrogen-bond donors (Lipinski definition) is 0. The van der Waals surface area contributed by atoms with Crippen LogP contribution in [0.15, 0.2) is 43.0 Å². The van der Waals surface area contributed by atoms with Crippen LogP contribution in [0.4, 0.5) is 8.78 Å². The van der Waals surface area contributed by atoms with Crippen LogP contribution >= 0.6 is 0 Å². The van der Waals surface area contributed by atoms with E-state index in [9.17, 15) is 13.6 Å². The molecule has 9 heteroatoms. The van der Waals surface area contributed by atoms with E-state index in [1.807, 2.05) is 12.2 Å². The summed E-state index contributed by atoms with van der Waals surface area (Å²) in [6, 6.07) is 4.11. The number of halogens is 2. The molecule has 2 aliphatic rings. The second-order valence-corrected chi connectivity index (χ2v) is 6.50. The number of carbonyl (C=O) groups is 1. The van der Waals surface area contributed by atoms with Crippen molar-refractivity contribution >= 4 is 12.0 Å². The van der Waals surface area contributed by atoms with Gasteiger partial charge in [-0.1, -0.05) is 12.2 Å². The minimum absolute atomic E-state index is 0.0676. The van der Waals surface area contributed by atoms with E-state index in [-0.39, 0.29) is 17.4 Å². The van der Waals surface area contributed by atoms with Crippen molar-refractivity contribution in [1.82, 2.24) is 19.8 Å². The number of benzene rings is 1. The van der Waals surface area contributed by atoms with Crippen LogP contribution in [-0.2, 0) is 0 Å². The summed E-state index contributed by atoms with van der Waals surface area (Å²) in [5.74, 6) is -0.398. The van der Waals surface area contributed by atoms with E-state index in [1.165, 1.54) is 24.5 Å². The first-order valence-corrected chi connectivity index (χ1v) is 8.83. The zero-order valence-electron chi connectivity index (χ0n) is 14.9. The maximum Gasteiger partial charge on any atom is 0.586 e. The van der Waals surface area contributed by atoms with Crippen LogP contribution in [0.3, 0.4) is 0 Å². The normalized spacial score (nSPS) is 18.6. The van der Waals surface area contributed by atoms with Gasteiger partial charge < -0.3 is 14.4 Å².